The van der Waals surface area contributed by atoms with Gasteiger partial charge in [0.2, 0.25) is 0 Å². The van der Waals surface area contributed by atoms with E-state index in [2.05, 4.69) is 4.37 Å². The van der Waals surface area contributed by atoms with E-state index in [0.717, 1.165) is 0 Å². The molecule has 0 saturated carbocycles. The smallest absolute Gasteiger partial charge is 0.261 e. The zero-order valence-electron chi connectivity index (χ0n) is 10.2. The predicted octanol–water partition coefficient (Wildman–Crippen LogP) is 2.63. The van der Waals surface area contributed by atoms with Crippen LogP contribution in [-0.4, -0.2) is 23.4 Å². The van der Waals surface area contributed by atoms with Crippen LogP contribution in [0.4, 0.5) is 10.1 Å². The zero-order valence-corrected chi connectivity index (χ0v) is 11.0. The number of halogens is 1. The Morgan fingerprint density at radius 3 is 3.11 bits per heavy atom. The van der Waals surface area contributed by atoms with E-state index in [9.17, 15) is 9.18 Å². The van der Waals surface area contributed by atoms with Crippen molar-refractivity contribution in [1.82, 2.24) is 4.37 Å². The number of nitrogens with zero attached hydrogens (tertiary/aromatic N) is 2. The van der Waals surface area contributed by atoms with E-state index in [1.807, 2.05) is 0 Å². The normalized spacial score (nSPS) is 13.9. The van der Waals surface area contributed by atoms with Crippen molar-refractivity contribution in [3.05, 3.63) is 40.7 Å². The first-order valence-corrected chi connectivity index (χ1v) is 6.66. The Morgan fingerprint density at radius 2 is 2.37 bits per heavy atom. The second-order valence-corrected chi connectivity index (χ2v) is 4.83. The summed E-state index contributed by atoms with van der Waals surface area (Å²) in [6, 6.07) is 4.56. The predicted molar refractivity (Wildman–Crippen MR) is 70.4 cm³/mol. The molecule has 0 bridgehead atoms. The van der Waals surface area contributed by atoms with Crippen molar-refractivity contribution in [1.29, 1.82) is 0 Å². The molecular formula is C13H11FN2O2S. The fraction of sp³-hybridized carbons (Fsp3) is 0.231. The number of benzene rings is 1. The minimum Gasteiger partial charge on any atom is -0.489 e. The highest BCUT2D eigenvalue weighted by molar-refractivity contribution is 7.04. The summed E-state index contributed by atoms with van der Waals surface area (Å²) in [4.78, 5) is 13.9. The fourth-order valence-corrected chi connectivity index (χ4v) is 2.76. The maximum atomic E-state index is 13.9. The van der Waals surface area contributed by atoms with Crippen molar-refractivity contribution in [3.8, 4) is 5.75 Å². The maximum absolute atomic E-state index is 13.9. The van der Waals surface area contributed by atoms with E-state index in [0.29, 0.717) is 30.2 Å². The number of anilines is 1. The molecule has 1 aromatic carbocycles. The zero-order chi connectivity index (χ0) is 13.4. The molecule has 0 saturated heterocycles. The molecule has 2 aromatic rings. The minimum absolute atomic E-state index is 0.212. The van der Waals surface area contributed by atoms with Gasteiger partial charge in [-0.25, -0.2) is 4.39 Å². The van der Waals surface area contributed by atoms with Crippen LogP contribution in [0.5, 0.6) is 5.75 Å². The molecule has 1 aliphatic rings. The number of aryl methyl sites for hydroxylation is 1. The molecule has 19 heavy (non-hydrogen) atoms. The molecular weight excluding hydrogens is 267 g/mol. The largest absolute Gasteiger partial charge is 0.489 e. The van der Waals surface area contributed by atoms with E-state index in [4.69, 9.17) is 4.74 Å². The van der Waals surface area contributed by atoms with Crippen molar-refractivity contribution in [3.63, 3.8) is 0 Å². The Bertz CT molecular complexity index is 641. The summed E-state index contributed by atoms with van der Waals surface area (Å²) in [5, 5.41) is 1.69. The van der Waals surface area contributed by atoms with E-state index >= 15 is 0 Å². The average Bonchev–Trinajstić information content (AvgIpc) is 2.84. The molecule has 3 rings (SSSR count). The van der Waals surface area contributed by atoms with Gasteiger partial charge in [-0.05, 0) is 30.6 Å². The molecule has 1 aromatic heterocycles. The van der Waals surface area contributed by atoms with E-state index in [-0.39, 0.29) is 11.6 Å². The van der Waals surface area contributed by atoms with Crippen molar-refractivity contribution in [2.45, 2.75) is 6.92 Å². The Labute approximate surface area is 113 Å². The van der Waals surface area contributed by atoms with Crippen LogP contribution < -0.4 is 9.64 Å². The van der Waals surface area contributed by atoms with Crippen LogP contribution in [0.2, 0.25) is 0 Å². The lowest BCUT2D eigenvalue weighted by Crippen LogP contribution is -2.38. The summed E-state index contributed by atoms with van der Waals surface area (Å²) in [5.74, 6) is -0.285. The molecule has 0 atom stereocenters. The second kappa shape index (κ2) is 4.62. The third-order valence-electron chi connectivity index (χ3n) is 3.02. The number of hydrogen-bond acceptors (Lipinski definition) is 4. The number of carbonyl (C=O) groups is 1. The van der Waals surface area contributed by atoms with Crippen LogP contribution in [0, 0.1) is 12.7 Å². The molecule has 2 heterocycles. The molecule has 0 aliphatic carbocycles. The first-order valence-electron chi connectivity index (χ1n) is 5.82. The van der Waals surface area contributed by atoms with Gasteiger partial charge in [-0.1, -0.05) is 6.07 Å². The number of fused-ring (bicyclic) bond motifs is 1. The molecule has 1 aliphatic heterocycles. The van der Waals surface area contributed by atoms with Gasteiger partial charge >= 0.3 is 0 Å². The topological polar surface area (TPSA) is 42.4 Å². The van der Waals surface area contributed by atoms with Crippen LogP contribution >= 0.6 is 11.5 Å². The fourth-order valence-electron chi connectivity index (χ4n) is 2.08. The third-order valence-corrected chi connectivity index (χ3v) is 3.74. The Hall–Kier alpha value is -1.95. The van der Waals surface area contributed by atoms with E-state index in [1.165, 1.54) is 22.5 Å². The van der Waals surface area contributed by atoms with Gasteiger partial charge in [0.05, 0.1) is 17.8 Å². The number of para-hydroxylation sites is 1. The Kier molecular flexibility index (Phi) is 2.94. The standard InChI is InChI=1S/C13H11FN2O2S/c1-8-9(7-19-15-8)13(17)16-5-6-18-11-4-2-3-10(14)12(11)16/h2-4,7H,5-6H2,1H3. The van der Waals surface area contributed by atoms with Gasteiger partial charge in [0.1, 0.15) is 18.0 Å². The summed E-state index contributed by atoms with van der Waals surface area (Å²) in [6.45, 7) is 2.47. The van der Waals surface area contributed by atoms with Crippen molar-refractivity contribution >= 4 is 23.1 Å². The average molecular weight is 278 g/mol. The van der Waals surface area contributed by atoms with E-state index < -0.39 is 5.82 Å². The minimum atomic E-state index is -0.452. The second-order valence-electron chi connectivity index (χ2n) is 4.21. The van der Waals surface area contributed by atoms with Crippen LogP contribution in [0.15, 0.2) is 23.6 Å². The molecule has 0 unspecified atom stereocenters. The highest BCUT2D eigenvalue weighted by Crippen LogP contribution is 2.35. The summed E-state index contributed by atoms with van der Waals surface area (Å²) in [5.41, 5.74) is 1.39. The van der Waals surface area contributed by atoms with Gasteiger partial charge in [0.25, 0.3) is 5.91 Å². The summed E-state index contributed by atoms with van der Waals surface area (Å²) < 4.78 is 23.4. The molecule has 98 valence electrons. The van der Waals surface area contributed by atoms with Gasteiger partial charge in [0, 0.05) is 5.38 Å². The van der Waals surface area contributed by atoms with Crippen molar-refractivity contribution < 1.29 is 13.9 Å². The van der Waals surface area contributed by atoms with Crippen LogP contribution in [0.25, 0.3) is 0 Å². The Balaban J connectivity index is 2.05. The van der Waals surface area contributed by atoms with Crippen LogP contribution in [0.1, 0.15) is 16.1 Å². The molecule has 0 fully saturated rings. The lowest BCUT2D eigenvalue weighted by Gasteiger charge is -2.29. The number of ether oxygens (including phenoxy) is 1. The quantitative estimate of drug-likeness (QED) is 0.805. The van der Waals surface area contributed by atoms with Crippen molar-refractivity contribution in [2.24, 2.45) is 0 Å². The van der Waals surface area contributed by atoms with Crippen LogP contribution in [0.3, 0.4) is 0 Å². The van der Waals surface area contributed by atoms with Gasteiger partial charge in [-0.15, -0.1) is 0 Å². The first kappa shape index (κ1) is 12.1. The van der Waals surface area contributed by atoms with Crippen molar-refractivity contribution in [2.75, 3.05) is 18.1 Å². The first-order chi connectivity index (χ1) is 9.18. The summed E-state index contributed by atoms with van der Waals surface area (Å²) >= 11 is 1.22. The Morgan fingerprint density at radius 1 is 1.53 bits per heavy atom. The summed E-state index contributed by atoms with van der Waals surface area (Å²) in [6.07, 6.45) is 0. The number of amides is 1. The highest BCUT2D eigenvalue weighted by atomic mass is 32.1. The number of hydrogen-bond donors (Lipinski definition) is 0. The summed E-state index contributed by atoms with van der Waals surface area (Å²) in [7, 11) is 0. The number of aromatic nitrogens is 1. The van der Waals surface area contributed by atoms with E-state index in [1.54, 1.807) is 24.4 Å². The van der Waals surface area contributed by atoms with Gasteiger partial charge in [-0.3, -0.25) is 9.69 Å². The monoisotopic (exact) mass is 278 g/mol. The number of carbonyl (C=O) groups excluding carboxylic acids is 1. The lowest BCUT2D eigenvalue weighted by atomic mass is 10.1. The van der Waals surface area contributed by atoms with Gasteiger partial charge in [0.15, 0.2) is 5.82 Å². The molecule has 0 spiro atoms. The molecule has 0 N–H and O–H groups in total. The van der Waals surface area contributed by atoms with Gasteiger partial charge < -0.3 is 4.74 Å². The third kappa shape index (κ3) is 1.98. The SMILES string of the molecule is Cc1nscc1C(=O)N1CCOc2cccc(F)c21. The lowest BCUT2D eigenvalue weighted by molar-refractivity contribution is 0.0975. The maximum Gasteiger partial charge on any atom is 0.261 e. The molecule has 6 heteroatoms. The number of rotatable bonds is 1. The van der Waals surface area contributed by atoms with Crippen LogP contribution in [-0.2, 0) is 0 Å². The molecule has 4 nitrogen and oxygen atoms in total. The highest BCUT2D eigenvalue weighted by Gasteiger charge is 2.28. The molecule has 1 amide bonds. The van der Waals surface area contributed by atoms with Gasteiger partial charge in [-0.2, -0.15) is 4.37 Å². The molecule has 0 radical (unpaired) electrons.